The Labute approximate surface area is 192 Å². The van der Waals surface area contributed by atoms with Crippen molar-refractivity contribution in [2.75, 3.05) is 59.1 Å². The van der Waals surface area contributed by atoms with Gasteiger partial charge in [0.25, 0.3) is 0 Å². The van der Waals surface area contributed by atoms with Crippen LogP contribution < -0.4 is 0 Å². The molecule has 1 saturated heterocycles. The SMILES string of the molecule is Cl.Cl.OCCN1CCN(CC(O)COCC(c2ccccc2)c2ccccc2)CC1. The lowest BCUT2D eigenvalue weighted by atomic mass is 9.92. The van der Waals surface area contributed by atoms with E-state index in [1.807, 2.05) is 12.1 Å². The topological polar surface area (TPSA) is 56.2 Å². The van der Waals surface area contributed by atoms with Crippen LogP contribution in [0.15, 0.2) is 60.7 Å². The summed E-state index contributed by atoms with van der Waals surface area (Å²) in [6.07, 6.45) is -0.489. The maximum atomic E-state index is 10.4. The third-order valence-corrected chi connectivity index (χ3v) is 5.35. The highest BCUT2D eigenvalue weighted by Crippen LogP contribution is 2.24. The molecule has 168 valence electrons. The van der Waals surface area contributed by atoms with Gasteiger partial charge >= 0.3 is 0 Å². The fraction of sp³-hybridized carbons (Fsp3) is 0.478. The molecule has 0 saturated carbocycles. The van der Waals surface area contributed by atoms with Crippen molar-refractivity contribution in [3.05, 3.63) is 71.8 Å². The smallest absolute Gasteiger partial charge is 0.0900 e. The number of benzene rings is 2. The van der Waals surface area contributed by atoms with E-state index < -0.39 is 6.10 Å². The van der Waals surface area contributed by atoms with Crippen molar-refractivity contribution in [3.63, 3.8) is 0 Å². The Morgan fingerprint density at radius 3 is 1.77 bits per heavy atom. The minimum Gasteiger partial charge on any atom is -0.395 e. The lowest BCUT2D eigenvalue weighted by Crippen LogP contribution is -2.49. The fourth-order valence-corrected chi connectivity index (χ4v) is 3.77. The molecule has 0 aromatic heterocycles. The quantitative estimate of drug-likeness (QED) is 0.575. The lowest BCUT2D eigenvalue weighted by Gasteiger charge is -2.35. The number of piperazine rings is 1. The fourth-order valence-electron chi connectivity index (χ4n) is 3.77. The molecule has 1 aliphatic heterocycles. The van der Waals surface area contributed by atoms with Gasteiger partial charge in [0, 0.05) is 45.2 Å². The molecule has 3 rings (SSSR count). The summed E-state index contributed by atoms with van der Waals surface area (Å²) in [4.78, 5) is 4.53. The summed E-state index contributed by atoms with van der Waals surface area (Å²) in [5, 5.41) is 19.4. The van der Waals surface area contributed by atoms with Crippen LogP contribution in [-0.4, -0.2) is 85.2 Å². The van der Waals surface area contributed by atoms with Crippen molar-refractivity contribution >= 4 is 24.8 Å². The Bertz CT molecular complexity index is 631. The maximum absolute atomic E-state index is 10.4. The molecule has 0 bridgehead atoms. The predicted octanol–water partition coefficient (Wildman–Crippen LogP) is 2.65. The van der Waals surface area contributed by atoms with Gasteiger partial charge in [-0.1, -0.05) is 60.7 Å². The van der Waals surface area contributed by atoms with E-state index in [0.29, 0.717) is 19.8 Å². The third kappa shape index (κ3) is 8.52. The van der Waals surface area contributed by atoms with Crippen molar-refractivity contribution in [1.29, 1.82) is 0 Å². The van der Waals surface area contributed by atoms with E-state index in [2.05, 4.69) is 58.3 Å². The van der Waals surface area contributed by atoms with Gasteiger partial charge in [0.1, 0.15) is 0 Å². The van der Waals surface area contributed by atoms with E-state index >= 15 is 0 Å². The standard InChI is InChI=1S/C23H32N2O3.2ClH/c26-16-15-24-11-13-25(14-12-24)17-22(27)18-28-19-23(20-7-3-1-4-8-20)21-9-5-2-6-10-21;;/h1-10,22-23,26-27H,11-19H2;2*1H. The minimum absolute atomic E-state index is 0. The number of hydrogen-bond acceptors (Lipinski definition) is 5. The summed E-state index contributed by atoms with van der Waals surface area (Å²) in [5.74, 6) is 0.164. The largest absolute Gasteiger partial charge is 0.395 e. The summed E-state index contributed by atoms with van der Waals surface area (Å²) in [5.41, 5.74) is 2.45. The molecular weight excluding hydrogens is 423 g/mol. The highest BCUT2D eigenvalue weighted by atomic mass is 35.5. The third-order valence-electron chi connectivity index (χ3n) is 5.35. The van der Waals surface area contributed by atoms with Gasteiger partial charge in [0.15, 0.2) is 0 Å². The Morgan fingerprint density at radius 1 is 0.767 bits per heavy atom. The summed E-state index contributed by atoms with van der Waals surface area (Å²) < 4.78 is 5.95. The van der Waals surface area contributed by atoms with E-state index in [0.717, 1.165) is 32.7 Å². The molecule has 30 heavy (non-hydrogen) atoms. The zero-order chi connectivity index (χ0) is 19.6. The molecular formula is C23H34Cl2N2O3. The highest BCUT2D eigenvalue weighted by molar-refractivity contribution is 5.85. The molecule has 5 nitrogen and oxygen atoms in total. The van der Waals surface area contributed by atoms with Gasteiger partial charge in [-0.2, -0.15) is 0 Å². The lowest BCUT2D eigenvalue weighted by molar-refractivity contribution is 0.00429. The van der Waals surface area contributed by atoms with Gasteiger partial charge in [-0.25, -0.2) is 0 Å². The number of aliphatic hydroxyl groups is 2. The second-order valence-electron chi connectivity index (χ2n) is 7.43. The summed E-state index contributed by atoms with van der Waals surface area (Å²) in [7, 11) is 0. The van der Waals surface area contributed by atoms with Gasteiger partial charge in [0.05, 0.1) is 25.9 Å². The van der Waals surface area contributed by atoms with Gasteiger partial charge in [-0.3, -0.25) is 9.80 Å². The van der Waals surface area contributed by atoms with Gasteiger partial charge in [0.2, 0.25) is 0 Å². The first-order valence-corrected chi connectivity index (χ1v) is 10.2. The van der Waals surface area contributed by atoms with Crippen molar-refractivity contribution in [1.82, 2.24) is 9.80 Å². The first-order valence-electron chi connectivity index (χ1n) is 10.2. The number of β-amino-alcohol motifs (C(OH)–C–C–N with tert-alkyl or cyclic N) is 2. The zero-order valence-electron chi connectivity index (χ0n) is 17.3. The number of nitrogens with zero attached hydrogens (tertiary/aromatic N) is 2. The average molecular weight is 457 g/mol. The van der Waals surface area contributed by atoms with Crippen molar-refractivity contribution in [3.8, 4) is 0 Å². The number of hydrogen-bond donors (Lipinski definition) is 2. The number of halogens is 2. The second-order valence-corrected chi connectivity index (χ2v) is 7.43. The molecule has 1 fully saturated rings. The van der Waals surface area contributed by atoms with Crippen molar-refractivity contribution in [2.24, 2.45) is 0 Å². The molecule has 0 radical (unpaired) electrons. The molecule has 0 aliphatic carbocycles. The molecule has 2 aromatic rings. The molecule has 2 aromatic carbocycles. The predicted molar refractivity (Wildman–Crippen MR) is 126 cm³/mol. The average Bonchev–Trinajstić information content (AvgIpc) is 2.74. The maximum Gasteiger partial charge on any atom is 0.0900 e. The van der Waals surface area contributed by atoms with Crippen LogP contribution in [0.2, 0.25) is 0 Å². The summed E-state index contributed by atoms with van der Waals surface area (Å²) in [6.45, 7) is 6.20. The van der Waals surface area contributed by atoms with E-state index in [1.54, 1.807) is 0 Å². The second kappa shape index (κ2) is 14.8. The van der Waals surface area contributed by atoms with Crippen LogP contribution in [0.4, 0.5) is 0 Å². The Morgan fingerprint density at radius 2 is 1.27 bits per heavy atom. The zero-order valence-corrected chi connectivity index (χ0v) is 18.9. The van der Waals surface area contributed by atoms with Gasteiger partial charge < -0.3 is 14.9 Å². The summed E-state index contributed by atoms with van der Waals surface area (Å²) in [6, 6.07) is 20.8. The van der Waals surface area contributed by atoms with Crippen LogP contribution in [0.3, 0.4) is 0 Å². The summed E-state index contributed by atoms with van der Waals surface area (Å²) >= 11 is 0. The first-order chi connectivity index (χ1) is 13.8. The normalized spacial score (nSPS) is 16.0. The minimum atomic E-state index is -0.489. The van der Waals surface area contributed by atoms with E-state index in [1.165, 1.54) is 11.1 Å². The number of aliphatic hydroxyl groups excluding tert-OH is 2. The Kier molecular flexibility index (Phi) is 13.2. The van der Waals surface area contributed by atoms with Crippen LogP contribution in [0.5, 0.6) is 0 Å². The molecule has 1 atom stereocenters. The highest BCUT2D eigenvalue weighted by Gasteiger charge is 2.20. The van der Waals surface area contributed by atoms with Crippen molar-refractivity contribution < 1.29 is 14.9 Å². The van der Waals surface area contributed by atoms with Gasteiger partial charge in [-0.05, 0) is 11.1 Å². The van der Waals surface area contributed by atoms with Crippen LogP contribution in [-0.2, 0) is 4.74 Å². The van der Waals surface area contributed by atoms with E-state index in [4.69, 9.17) is 9.84 Å². The molecule has 1 heterocycles. The monoisotopic (exact) mass is 456 g/mol. The van der Waals surface area contributed by atoms with Crippen LogP contribution in [0, 0.1) is 0 Å². The van der Waals surface area contributed by atoms with Crippen LogP contribution >= 0.6 is 24.8 Å². The Balaban J connectivity index is 0.00000225. The van der Waals surface area contributed by atoms with E-state index in [9.17, 15) is 5.11 Å². The van der Waals surface area contributed by atoms with Crippen molar-refractivity contribution in [2.45, 2.75) is 12.0 Å². The first kappa shape index (κ1) is 26.9. The number of rotatable bonds is 10. The van der Waals surface area contributed by atoms with E-state index in [-0.39, 0.29) is 37.3 Å². The molecule has 7 heteroatoms. The number of ether oxygens (including phenoxy) is 1. The molecule has 2 N–H and O–H groups in total. The Hall–Kier alpha value is -1.18. The molecule has 1 unspecified atom stereocenters. The molecule has 1 aliphatic rings. The molecule has 0 amide bonds. The molecule has 0 spiro atoms. The van der Waals surface area contributed by atoms with Crippen LogP contribution in [0.1, 0.15) is 17.0 Å². The van der Waals surface area contributed by atoms with Crippen LogP contribution in [0.25, 0.3) is 0 Å². The van der Waals surface area contributed by atoms with Gasteiger partial charge in [-0.15, -0.1) is 24.8 Å².